The fraction of sp³-hybridized carbons (Fsp3) is 0.710. The van der Waals surface area contributed by atoms with E-state index < -0.39 is 103 Å². The molecule has 21 nitrogen and oxygen atoms in total. The Balaban J connectivity index is 5.59. The molecule has 0 aromatic carbocycles. The topological polar surface area (TPSA) is 360 Å². The van der Waals surface area contributed by atoms with Gasteiger partial charge in [-0.3, -0.25) is 38.6 Å². The van der Waals surface area contributed by atoms with E-state index >= 15 is 0 Å². The number of aliphatic hydroxyl groups is 1. The van der Waals surface area contributed by atoms with Gasteiger partial charge in [0.1, 0.15) is 36.3 Å². The Kier molecular flexibility index (Phi) is 21.2. The molecule has 0 aliphatic rings. The maximum absolute atomic E-state index is 13.3. The fourth-order valence-electron chi connectivity index (χ4n) is 4.53. The van der Waals surface area contributed by atoms with E-state index in [0.717, 1.165) is 0 Å². The maximum Gasteiger partial charge on any atom is 0.326 e. The van der Waals surface area contributed by atoms with E-state index in [1.165, 1.54) is 13.8 Å². The average molecular weight is 745 g/mol. The van der Waals surface area contributed by atoms with E-state index in [0.29, 0.717) is 6.42 Å². The molecule has 6 amide bonds. The van der Waals surface area contributed by atoms with Crippen molar-refractivity contribution < 1.29 is 53.7 Å². The Morgan fingerprint density at radius 1 is 0.596 bits per heavy atom. The van der Waals surface area contributed by atoms with Gasteiger partial charge in [0.2, 0.25) is 35.4 Å². The molecule has 52 heavy (non-hydrogen) atoms. The summed E-state index contributed by atoms with van der Waals surface area (Å²) in [6.45, 7) is 8.84. The Labute approximate surface area is 302 Å². The SMILES string of the molecule is CC(C)C[C@H](NC(=O)[C@H](CO)NC(=O)[C@H](C)NC(=O)[C@H](CC(=O)O)NC(=O)[C@H](CC(C)C)NC(=O)[C@H](C)NC(=O)[C@@H](N)CCCN=C(N)N)C(=O)O. The van der Waals surface area contributed by atoms with E-state index in [1.54, 1.807) is 27.7 Å². The molecule has 0 aromatic heterocycles. The van der Waals surface area contributed by atoms with Gasteiger partial charge >= 0.3 is 11.9 Å². The van der Waals surface area contributed by atoms with Crippen LogP contribution in [0.4, 0.5) is 0 Å². The van der Waals surface area contributed by atoms with Crippen molar-refractivity contribution >= 4 is 53.3 Å². The molecule has 0 heterocycles. The Hall–Kier alpha value is -5.05. The van der Waals surface area contributed by atoms with Gasteiger partial charge in [0, 0.05) is 6.54 Å². The van der Waals surface area contributed by atoms with Crippen LogP contribution < -0.4 is 49.1 Å². The second-order valence-electron chi connectivity index (χ2n) is 13.1. The highest BCUT2D eigenvalue weighted by Crippen LogP contribution is 2.08. The summed E-state index contributed by atoms with van der Waals surface area (Å²) in [5.41, 5.74) is 16.4. The number of amides is 6. The predicted octanol–water partition coefficient (Wildman–Crippen LogP) is -4.04. The standard InChI is InChI=1S/C31H56N10O11/c1-14(2)10-19(38-24(45)16(5)36-26(47)18(32)8-7-9-35-31(33)34)28(49)39-20(12-23(43)44)27(48)37-17(6)25(46)41-22(13-42)29(50)40-21(30(51)52)11-15(3)4/h14-22,42H,7-13,32H2,1-6H3,(H,36,47)(H,37,48)(H,38,45)(H,39,49)(H,40,50)(H,41,46)(H,43,44)(H,51,52)(H4,33,34,35)/t16-,17-,18-,19-,20-,21-,22-/m0/s1. The highest BCUT2D eigenvalue weighted by atomic mass is 16.4. The van der Waals surface area contributed by atoms with Crippen molar-refractivity contribution in [3.63, 3.8) is 0 Å². The molecule has 15 N–H and O–H groups in total. The minimum absolute atomic E-state index is 0.0489. The van der Waals surface area contributed by atoms with Gasteiger partial charge in [-0.05, 0) is 51.4 Å². The van der Waals surface area contributed by atoms with Crippen LogP contribution >= 0.6 is 0 Å². The number of hydrogen-bond donors (Lipinski definition) is 12. The van der Waals surface area contributed by atoms with Crippen LogP contribution in [0.5, 0.6) is 0 Å². The zero-order chi connectivity index (χ0) is 40.3. The number of carboxylic acid groups (broad SMARTS) is 2. The van der Waals surface area contributed by atoms with Gasteiger partial charge in [0.15, 0.2) is 5.96 Å². The third-order valence-corrected chi connectivity index (χ3v) is 7.30. The van der Waals surface area contributed by atoms with Gasteiger partial charge in [-0.1, -0.05) is 27.7 Å². The third kappa shape index (κ3) is 18.8. The number of rotatable bonds is 24. The normalized spacial score (nSPS) is 15.0. The molecule has 0 saturated heterocycles. The number of carbonyl (C=O) groups excluding carboxylic acids is 6. The lowest BCUT2D eigenvalue weighted by atomic mass is 10.0. The first-order chi connectivity index (χ1) is 24.1. The first-order valence-electron chi connectivity index (χ1n) is 16.8. The van der Waals surface area contributed by atoms with Gasteiger partial charge in [0.05, 0.1) is 19.1 Å². The minimum Gasteiger partial charge on any atom is -0.481 e. The highest BCUT2D eigenvalue weighted by Gasteiger charge is 2.33. The van der Waals surface area contributed by atoms with Gasteiger partial charge in [0.25, 0.3) is 0 Å². The van der Waals surface area contributed by atoms with Crippen LogP contribution in [-0.2, 0) is 38.4 Å². The molecule has 0 bridgehead atoms. The lowest BCUT2D eigenvalue weighted by Gasteiger charge is -2.26. The predicted molar refractivity (Wildman–Crippen MR) is 187 cm³/mol. The zero-order valence-electron chi connectivity index (χ0n) is 30.4. The summed E-state index contributed by atoms with van der Waals surface area (Å²) in [7, 11) is 0. The van der Waals surface area contributed by atoms with E-state index in [1.807, 2.05) is 0 Å². The third-order valence-electron chi connectivity index (χ3n) is 7.30. The first-order valence-corrected chi connectivity index (χ1v) is 16.8. The Morgan fingerprint density at radius 2 is 1.02 bits per heavy atom. The number of carbonyl (C=O) groups is 8. The number of aliphatic carboxylic acids is 2. The number of nitrogens with one attached hydrogen (secondary N) is 6. The van der Waals surface area contributed by atoms with Crippen molar-refractivity contribution in [1.29, 1.82) is 0 Å². The molecule has 296 valence electrons. The summed E-state index contributed by atoms with van der Waals surface area (Å²) in [6, 6.07) is -9.45. The van der Waals surface area contributed by atoms with Gasteiger partial charge in [-0.15, -0.1) is 0 Å². The molecule has 0 saturated carbocycles. The number of carboxylic acids is 2. The van der Waals surface area contributed by atoms with Crippen molar-refractivity contribution in [2.45, 2.75) is 116 Å². The van der Waals surface area contributed by atoms with Crippen LogP contribution in [0.15, 0.2) is 4.99 Å². The van der Waals surface area contributed by atoms with Gasteiger partial charge in [-0.2, -0.15) is 0 Å². The summed E-state index contributed by atoms with van der Waals surface area (Å²) in [6.07, 6.45) is -0.188. The summed E-state index contributed by atoms with van der Waals surface area (Å²) < 4.78 is 0. The molecule has 0 rings (SSSR count). The summed E-state index contributed by atoms with van der Waals surface area (Å²) >= 11 is 0. The van der Waals surface area contributed by atoms with Crippen molar-refractivity contribution in [1.82, 2.24) is 31.9 Å². The molecular weight excluding hydrogens is 688 g/mol. The maximum atomic E-state index is 13.3. The van der Waals surface area contributed by atoms with Crippen LogP contribution in [0.2, 0.25) is 0 Å². The first kappa shape index (κ1) is 46.9. The quantitative estimate of drug-likeness (QED) is 0.0254. The molecule has 0 aliphatic heterocycles. The van der Waals surface area contributed by atoms with Crippen molar-refractivity contribution in [3.05, 3.63) is 0 Å². The van der Waals surface area contributed by atoms with Gasteiger partial charge in [-0.25, -0.2) is 4.79 Å². The van der Waals surface area contributed by atoms with Crippen molar-refractivity contribution in [3.8, 4) is 0 Å². The van der Waals surface area contributed by atoms with Crippen molar-refractivity contribution in [2.24, 2.45) is 34.0 Å². The molecule has 0 fully saturated rings. The van der Waals surface area contributed by atoms with Crippen LogP contribution in [0.1, 0.15) is 73.6 Å². The summed E-state index contributed by atoms with van der Waals surface area (Å²) in [5, 5.41) is 42.4. The van der Waals surface area contributed by atoms with E-state index in [4.69, 9.17) is 17.2 Å². The number of aliphatic imine (C=N–C) groups is 1. The largest absolute Gasteiger partial charge is 0.481 e. The smallest absolute Gasteiger partial charge is 0.326 e. The average Bonchev–Trinajstić information content (AvgIpc) is 3.03. The van der Waals surface area contributed by atoms with Crippen LogP contribution in [0.3, 0.4) is 0 Å². The molecule has 0 radical (unpaired) electrons. The number of aliphatic hydroxyl groups excluding tert-OH is 1. The second kappa shape index (κ2) is 23.4. The van der Waals surface area contributed by atoms with Gasteiger partial charge < -0.3 is 64.4 Å². The van der Waals surface area contributed by atoms with E-state index in [2.05, 4.69) is 36.9 Å². The number of hydrogen-bond acceptors (Lipinski definition) is 11. The fourth-order valence-corrected chi connectivity index (χ4v) is 4.53. The summed E-state index contributed by atoms with van der Waals surface area (Å²) in [5.74, 6) is -8.62. The van der Waals surface area contributed by atoms with E-state index in [-0.39, 0.29) is 43.6 Å². The lowest BCUT2D eigenvalue weighted by Crippen LogP contribution is -2.59. The molecule has 7 atom stereocenters. The molecular formula is C31H56N10O11. The number of nitrogens with zero attached hydrogens (tertiary/aromatic N) is 1. The van der Waals surface area contributed by atoms with Crippen LogP contribution in [0, 0.1) is 11.8 Å². The Bertz CT molecular complexity index is 1290. The number of guanidine groups is 1. The van der Waals surface area contributed by atoms with Crippen LogP contribution in [0.25, 0.3) is 0 Å². The molecule has 0 aromatic rings. The lowest BCUT2D eigenvalue weighted by molar-refractivity contribution is -0.143. The van der Waals surface area contributed by atoms with Crippen molar-refractivity contribution in [2.75, 3.05) is 13.2 Å². The molecule has 0 unspecified atom stereocenters. The number of nitrogens with two attached hydrogens (primary N) is 3. The summed E-state index contributed by atoms with van der Waals surface area (Å²) in [4.78, 5) is 104. The molecule has 21 heteroatoms. The molecule has 0 aliphatic carbocycles. The monoisotopic (exact) mass is 744 g/mol. The van der Waals surface area contributed by atoms with Crippen LogP contribution in [-0.4, -0.2) is 124 Å². The highest BCUT2D eigenvalue weighted by molar-refractivity contribution is 5.97. The molecule has 0 spiro atoms. The zero-order valence-corrected chi connectivity index (χ0v) is 30.4. The van der Waals surface area contributed by atoms with E-state index in [9.17, 15) is 53.7 Å². The Morgan fingerprint density at radius 3 is 1.48 bits per heavy atom. The minimum atomic E-state index is -1.73. The second-order valence-corrected chi connectivity index (χ2v) is 13.1.